The third kappa shape index (κ3) is 7.51. The molecule has 1 saturated heterocycles. The first kappa shape index (κ1) is 30.1. The Kier molecular flexibility index (Phi) is 8.97. The summed E-state index contributed by atoms with van der Waals surface area (Å²) in [6.45, 7) is 3.53. The molecule has 1 aliphatic rings. The molecule has 4 aromatic rings. The van der Waals surface area contributed by atoms with E-state index in [1.54, 1.807) is 42.9 Å². The number of nitrogens with zero attached hydrogens (tertiary/aromatic N) is 6. The Labute approximate surface area is 248 Å². The lowest BCUT2D eigenvalue weighted by Gasteiger charge is -2.35. The molecule has 2 aromatic heterocycles. The lowest BCUT2D eigenvalue weighted by Crippen LogP contribution is -2.41. The first-order valence-electron chi connectivity index (χ1n) is 13.9. The van der Waals surface area contributed by atoms with Crippen molar-refractivity contribution in [2.45, 2.75) is 38.5 Å². The minimum atomic E-state index is -4.56. The van der Waals surface area contributed by atoms with Gasteiger partial charge in [0, 0.05) is 53.7 Å². The van der Waals surface area contributed by atoms with E-state index in [0.29, 0.717) is 23.4 Å². The maximum atomic E-state index is 14.1. The van der Waals surface area contributed by atoms with E-state index in [1.807, 2.05) is 21.0 Å². The van der Waals surface area contributed by atoms with Crippen LogP contribution in [0.25, 0.3) is 11.3 Å². The number of benzene rings is 2. The molecule has 0 radical (unpaired) electrons. The summed E-state index contributed by atoms with van der Waals surface area (Å²) in [7, 11) is 4.05. The second-order valence-corrected chi connectivity index (χ2v) is 10.8. The quantitative estimate of drug-likeness (QED) is 0.266. The number of anilines is 3. The summed E-state index contributed by atoms with van der Waals surface area (Å²) in [5.41, 5.74) is 2.53. The average molecular weight is 591 g/mol. The highest BCUT2D eigenvalue weighted by Gasteiger charge is 2.34. The summed E-state index contributed by atoms with van der Waals surface area (Å²) in [6.07, 6.45) is 3.57. The second-order valence-electron chi connectivity index (χ2n) is 10.8. The van der Waals surface area contributed by atoms with Crippen LogP contribution in [0.4, 0.5) is 30.5 Å². The van der Waals surface area contributed by atoms with E-state index in [4.69, 9.17) is 0 Å². The highest BCUT2D eigenvalue weighted by Crippen LogP contribution is 2.35. The molecule has 9 nitrogen and oxygen atoms in total. The zero-order chi connectivity index (χ0) is 30.6. The zero-order valence-electron chi connectivity index (χ0n) is 24.2. The highest BCUT2D eigenvalue weighted by atomic mass is 19.4. The molecule has 1 fully saturated rings. The average Bonchev–Trinajstić information content (AvgIpc) is 2.99. The van der Waals surface area contributed by atoms with Crippen molar-refractivity contribution in [2.75, 3.05) is 37.8 Å². The maximum Gasteiger partial charge on any atom is 0.416 e. The summed E-state index contributed by atoms with van der Waals surface area (Å²) in [4.78, 5) is 34.1. The van der Waals surface area contributed by atoms with Gasteiger partial charge in [-0.25, -0.2) is 19.9 Å². The number of carbonyl (C=O) groups is 1. The van der Waals surface area contributed by atoms with E-state index in [2.05, 4.69) is 40.4 Å². The lowest BCUT2D eigenvalue weighted by atomic mass is 10.0. The summed E-state index contributed by atoms with van der Waals surface area (Å²) in [5.74, 6) is -0.232. The van der Waals surface area contributed by atoms with Gasteiger partial charge >= 0.3 is 6.18 Å². The molecule has 3 heterocycles. The molecular formula is C31H33F3N8O. The number of nitrogens with one attached hydrogen (secondary N) is 2. The highest BCUT2D eigenvalue weighted by molar-refractivity contribution is 6.05. The smallest absolute Gasteiger partial charge is 0.324 e. The van der Waals surface area contributed by atoms with Gasteiger partial charge in [-0.3, -0.25) is 9.69 Å². The summed E-state index contributed by atoms with van der Waals surface area (Å²) in [6, 6.07) is 11.1. The fourth-order valence-corrected chi connectivity index (χ4v) is 5.12. The van der Waals surface area contributed by atoms with Crippen LogP contribution in [0.5, 0.6) is 0 Å². The van der Waals surface area contributed by atoms with E-state index >= 15 is 0 Å². The first-order valence-corrected chi connectivity index (χ1v) is 13.9. The molecule has 5 rings (SSSR count). The van der Waals surface area contributed by atoms with E-state index < -0.39 is 17.6 Å². The Morgan fingerprint density at radius 3 is 2.49 bits per heavy atom. The van der Waals surface area contributed by atoms with Gasteiger partial charge in [0.05, 0.1) is 11.3 Å². The van der Waals surface area contributed by atoms with Crippen LogP contribution in [0.2, 0.25) is 0 Å². The van der Waals surface area contributed by atoms with Gasteiger partial charge in [-0.1, -0.05) is 12.1 Å². The number of halogens is 3. The van der Waals surface area contributed by atoms with E-state index in [-0.39, 0.29) is 23.4 Å². The predicted molar refractivity (Wildman–Crippen MR) is 159 cm³/mol. The number of aryl methyl sites for hydroxylation is 1. The molecule has 0 saturated carbocycles. The van der Waals surface area contributed by atoms with Crippen molar-refractivity contribution in [1.82, 2.24) is 29.7 Å². The van der Waals surface area contributed by atoms with Crippen LogP contribution in [-0.2, 0) is 12.7 Å². The molecule has 2 N–H and O–H groups in total. The fraction of sp³-hybridized carbons (Fsp3) is 0.323. The molecule has 0 bridgehead atoms. The number of hydrogen-bond acceptors (Lipinski definition) is 8. The minimum absolute atomic E-state index is 0.0728. The van der Waals surface area contributed by atoms with Crippen LogP contribution >= 0.6 is 0 Å². The normalized spacial score (nSPS) is 14.6. The Balaban J connectivity index is 1.30. The monoisotopic (exact) mass is 590 g/mol. The van der Waals surface area contributed by atoms with Gasteiger partial charge in [0.1, 0.15) is 6.33 Å². The molecule has 1 amide bonds. The van der Waals surface area contributed by atoms with Crippen LogP contribution in [0.1, 0.15) is 39.9 Å². The van der Waals surface area contributed by atoms with Crippen LogP contribution in [0.3, 0.4) is 0 Å². The minimum Gasteiger partial charge on any atom is -0.324 e. The number of rotatable bonds is 8. The standard InChI is InChI=1S/C31H33F3N8O/c1-20-4-5-21(14-28(20)40-30-37-11-8-27(39-30)23-16-35-19-36-17-23)29(43)38-24-7-6-22(26(15-24)31(32,33)34)18-42-12-9-25(10-13-42)41(2)3/h4-8,11,14-17,19,25H,9-10,12-13,18H2,1-3H3,(H,38,43)(H,37,39,40). The van der Waals surface area contributed by atoms with Crippen molar-refractivity contribution in [2.24, 2.45) is 0 Å². The van der Waals surface area contributed by atoms with Crippen molar-refractivity contribution in [1.29, 1.82) is 0 Å². The Morgan fingerprint density at radius 1 is 1.05 bits per heavy atom. The lowest BCUT2D eigenvalue weighted by molar-refractivity contribution is -0.138. The largest absolute Gasteiger partial charge is 0.416 e. The topological polar surface area (TPSA) is 99.2 Å². The Bertz CT molecular complexity index is 1570. The van der Waals surface area contributed by atoms with Crippen molar-refractivity contribution in [3.63, 3.8) is 0 Å². The molecule has 224 valence electrons. The van der Waals surface area contributed by atoms with E-state index in [1.165, 1.54) is 18.5 Å². The molecule has 1 aliphatic heterocycles. The summed E-state index contributed by atoms with van der Waals surface area (Å²) < 4.78 is 42.3. The van der Waals surface area contributed by atoms with E-state index in [9.17, 15) is 18.0 Å². The van der Waals surface area contributed by atoms with Gasteiger partial charge in [0.25, 0.3) is 5.91 Å². The van der Waals surface area contributed by atoms with Gasteiger partial charge in [-0.15, -0.1) is 0 Å². The number of carbonyl (C=O) groups excluding carboxylic acids is 1. The number of hydrogen-bond donors (Lipinski definition) is 2. The van der Waals surface area contributed by atoms with Crippen LogP contribution < -0.4 is 10.6 Å². The number of amides is 1. The van der Waals surface area contributed by atoms with E-state index in [0.717, 1.165) is 43.1 Å². The van der Waals surface area contributed by atoms with Crippen molar-refractivity contribution < 1.29 is 18.0 Å². The van der Waals surface area contributed by atoms with Gasteiger partial charge in [0.2, 0.25) is 5.95 Å². The predicted octanol–water partition coefficient (Wildman–Crippen LogP) is 5.78. The molecule has 0 spiro atoms. The molecule has 43 heavy (non-hydrogen) atoms. The number of alkyl halides is 3. The van der Waals surface area contributed by atoms with Crippen LogP contribution in [-0.4, -0.2) is 68.9 Å². The van der Waals surface area contributed by atoms with Crippen molar-refractivity contribution >= 4 is 23.2 Å². The number of likely N-dealkylation sites (tertiary alicyclic amines) is 1. The van der Waals surface area contributed by atoms with Gasteiger partial charge in [-0.2, -0.15) is 13.2 Å². The van der Waals surface area contributed by atoms with Crippen molar-refractivity contribution in [3.8, 4) is 11.3 Å². The Morgan fingerprint density at radius 2 is 1.79 bits per heavy atom. The summed E-state index contributed by atoms with van der Waals surface area (Å²) >= 11 is 0. The van der Waals surface area contributed by atoms with Crippen molar-refractivity contribution in [3.05, 3.63) is 89.6 Å². The molecular weight excluding hydrogens is 557 g/mol. The molecule has 2 aromatic carbocycles. The summed E-state index contributed by atoms with van der Waals surface area (Å²) in [5, 5.41) is 5.76. The van der Waals surface area contributed by atoms with Gasteiger partial charge < -0.3 is 15.5 Å². The molecule has 0 unspecified atom stereocenters. The zero-order valence-corrected chi connectivity index (χ0v) is 24.2. The third-order valence-corrected chi connectivity index (χ3v) is 7.61. The van der Waals surface area contributed by atoms with Crippen LogP contribution in [0, 0.1) is 6.92 Å². The Hall–Kier alpha value is -4.42. The number of aromatic nitrogens is 4. The van der Waals surface area contributed by atoms with Gasteiger partial charge in [0.15, 0.2) is 0 Å². The maximum absolute atomic E-state index is 14.1. The number of piperidine rings is 1. The van der Waals surface area contributed by atoms with Gasteiger partial charge in [-0.05, 0) is 88.4 Å². The molecule has 0 aliphatic carbocycles. The SMILES string of the molecule is Cc1ccc(C(=O)Nc2ccc(CN3CCC(N(C)C)CC3)c(C(F)(F)F)c2)cc1Nc1nccc(-c2cncnc2)n1. The molecule has 0 atom stereocenters. The molecule has 12 heteroatoms. The first-order chi connectivity index (χ1) is 20.6. The third-order valence-electron chi connectivity index (χ3n) is 7.61. The second kappa shape index (κ2) is 12.8. The fourth-order valence-electron chi connectivity index (χ4n) is 5.12. The van der Waals surface area contributed by atoms with Crippen LogP contribution in [0.15, 0.2) is 67.4 Å².